The van der Waals surface area contributed by atoms with Crippen molar-refractivity contribution < 1.29 is 14.7 Å². The van der Waals surface area contributed by atoms with E-state index in [4.69, 9.17) is 4.52 Å². The van der Waals surface area contributed by atoms with Crippen molar-refractivity contribution >= 4 is 24.1 Å². The Kier molecular flexibility index (Phi) is 4.43. The maximum Gasteiger partial charge on any atom is 0.185 e. The van der Waals surface area contributed by atoms with Gasteiger partial charge in [0.05, 0.1) is 0 Å². The van der Waals surface area contributed by atoms with Crippen molar-refractivity contribution in [3.63, 3.8) is 0 Å². The van der Waals surface area contributed by atoms with Crippen molar-refractivity contribution in [1.29, 1.82) is 0 Å². The lowest BCUT2D eigenvalue weighted by Crippen LogP contribution is -1.81. The summed E-state index contributed by atoms with van der Waals surface area (Å²) in [5.41, 5.74) is 2.49. The van der Waals surface area contributed by atoms with Crippen LogP contribution in [0.4, 0.5) is 5.69 Å². The minimum atomic E-state index is 0.154. The van der Waals surface area contributed by atoms with Gasteiger partial charge >= 0.3 is 0 Å². The fourth-order valence-corrected chi connectivity index (χ4v) is 2.17. The van der Waals surface area contributed by atoms with E-state index in [-0.39, 0.29) is 11.5 Å². The molecule has 0 bridgehead atoms. The highest BCUT2D eigenvalue weighted by atomic mass is 16.5. The second-order valence-corrected chi connectivity index (χ2v) is 5.19. The Balaban J connectivity index is 1.90. The largest absolute Gasteiger partial charge is 0.507 e. The summed E-state index contributed by atoms with van der Waals surface area (Å²) >= 11 is 0. The van der Waals surface area contributed by atoms with Crippen molar-refractivity contribution in [2.75, 3.05) is 0 Å². The zero-order chi connectivity index (χ0) is 16.9. The van der Waals surface area contributed by atoms with Crippen LogP contribution in [0.15, 0.2) is 58.0 Å². The third-order valence-electron chi connectivity index (χ3n) is 3.48. The standard InChI is InChI=1S/C19H16N2O3/c1-13-19(20-12-15-7-3-5-9-17(15)23)18(24-21-13)11-10-14-6-2-4-8-16(14)22/h2-12,22-23H,1H3/b11-10+,20-12?. The number of aromatic nitrogens is 1. The van der Waals surface area contributed by atoms with Gasteiger partial charge < -0.3 is 14.7 Å². The van der Waals surface area contributed by atoms with Crippen LogP contribution in [0, 0.1) is 6.92 Å². The van der Waals surface area contributed by atoms with E-state index in [9.17, 15) is 10.2 Å². The topological polar surface area (TPSA) is 78.9 Å². The first-order valence-corrected chi connectivity index (χ1v) is 7.39. The maximum absolute atomic E-state index is 9.79. The van der Waals surface area contributed by atoms with E-state index in [1.54, 1.807) is 61.7 Å². The Labute approximate surface area is 139 Å². The van der Waals surface area contributed by atoms with Crippen LogP contribution in [0.25, 0.3) is 12.2 Å². The molecule has 1 aromatic heterocycles. The van der Waals surface area contributed by atoms with Crippen molar-refractivity contribution in [1.82, 2.24) is 5.16 Å². The Morgan fingerprint density at radius 3 is 2.21 bits per heavy atom. The molecule has 3 aromatic rings. The van der Waals surface area contributed by atoms with Crippen LogP contribution in [0.2, 0.25) is 0 Å². The van der Waals surface area contributed by atoms with Crippen molar-refractivity contribution in [2.45, 2.75) is 6.92 Å². The Bertz CT molecular complexity index is 910. The number of aromatic hydroxyl groups is 2. The molecule has 0 radical (unpaired) electrons. The fraction of sp³-hybridized carbons (Fsp3) is 0.0526. The highest BCUT2D eigenvalue weighted by Crippen LogP contribution is 2.27. The number of phenolic OH excluding ortho intramolecular Hbond substituents is 2. The highest BCUT2D eigenvalue weighted by Gasteiger charge is 2.09. The molecule has 0 spiro atoms. The fourth-order valence-electron chi connectivity index (χ4n) is 2.17. The summed E-state index contributed by atoms with van der Waals surface area (Å²) in [6.45, 7) is 1.79. The quantitative estimate of drug-likeness (QED) is 0.702. The average Bonchev–Trinajstić information content (AvgIpc) is 2.93. The Hall–Kier alpha value is -3.34. The molecule has 0 saturated heterocycles. The van der Waals surface area contributed by atoms with Crippen LogP contribution < -0.4 is 0 Å². The van der Waals surface area contributed by atoms with E-state index in [0.717, 1.165) is 0 Å². The lowest BCUT2D eigenvalue weighted by Gasteiger charge is -1.98. The van der Waals surface area contributed by atoms with E-state index in [2.05, 4.69) is 10.1 Å². The molecule has 2 aromatic carbocycles. The van der Waals surface area contributed by atoms with Gasteiger partial charge in [-0.05, 0) is 37.3 Å². The van der Waals surface area contributed by atoms with Gasteiger partial charge in [0.1, 0.15) is 22.9 Å². The van der Waals surface area contributed by atoms with Gasteiger partial charge in [-0.15, -0.1) is 0 Å². The summed E-state index contributed by atoms with van der Waals surface area (Å²) in [5, 5.41) is 23.5. The van der Waals surface area contributed by atoms with Crippen LogP contribution in [0.5, 0.6) is 11.5 Å². The van der Waals surface area contributed by atoms with Crippen LogP contribution >= 0.6 is 0 Å². The molecule has 1 heterocycles. The summed E-state index contributed by atoms with van der Waals surface area (Å²) in [6, 6.07) is 13.9. The first-order valence-electron chi connectivity index (χ1n) is 7.39. The molecule has 0 fully saturated rings. The third kappa shape index (κ3) is 3.35. The van der Waals surface area contributed by atoms with Gasteiger partial charge in [0.25, 0.3) is 0 Å². The molecule has 2 N–H and O–H groups in total. The van der Waals surface area contributed by atoms with Crippen LogP contribution in [0.1, 0.15) is 22.6 Å². The third-order valence-corrected chi connectivity index (χ3v) is 3.48. The first kappa shape index (κ1) is 15.6. The number of aliphatic imine (C=N–C) groups is 1. The number of nitrogens with zero attached hydrogens (tertiary/aromatic N) is 2. The molecule has 0 unspecified atom stereocenters. The van der Waals surface area contributed by atoms with Gasteiger partial charge in [0.15, 0.2) is 5.76 Å². The van der Waals surface area contributed by atoms with Gasteiger partial charge in [0, 0.05) is 17.3 Å². The van der Waals surface area contributed by atoms with E-state index >= 15 is 0 Å². The molecular weight excluding hydrogens is 304 g/mol. The normalized spacial score (nSPS) is 11.5. The number of phenols is 2. The number of para-hydroxylation sites is 2. The average molecular weight is 320 g/mol. The lowest BCUT2D eigenvalue weighted by atomic mass is 10.1. The highest BCUT2D eigenvalue weighted by molar-refractivity contribution is 5.86. The van der Waals surface area contributed by atoms with Gasteiger partial charge in [-0.2, -0.15) is 0 Å². The molecule has 120 valence electrons. The zero-order valence-corrected chi connectivity index (χ0v) is 13.0. The number of hydrogen-bond acceptors (Lipinski definition) is 5. The second-order valence-electron chi connectivity index (χ2n) is 5.19. The summed E-state index contributed by atoms with van der Waals surface area (Å²) in [6.07, 6.45) is 4.99. The van der Waals surface area contributed by atoms with E-state index in [0.29, 0.717) is 28.3 Å². The monoisotopic (exact) mass is 320 g/mol. The van der Waals surface area contributed by atoms with Crippen molar-refractivity contribution in [3.05, 3.63) is 71.1 Å². The van der Waals surface area contributed by atoms with Gasteiger partial charge in [-0.3, -0.25) is 4.99 Å². The summed E-state index contributed by atoms with van der Waals surface area (Å²) in [5.74, 6) is 0.813. The minimum Gasteiger partial charge on any atom is -0.507 e. The summed E-state index contributed by atoms with van der Waals surface area (Å²) in [7, 11) is 0. The summed E-state index contributed by atoms with van der Waals surface area (Å²) in [4.78, 5) is 4.38. The molecule has 0 saturated carbocycles. The molecule has 0 aliphatic carbocycles. The zero-order valence-electron chi connectivity index (χ0n) is 13.0. The number of rotatable bonds is 4. The SMILES string of the molecule is Cc1noc(/C=C/c2ccccc2O)c1N=Cc1ccccc1O. The number of benzene rings is 2. The maximum atomic E-state index is 9.79. The van der Waals surface area contributed by atoms with Crippen LogP contribution in [-0.4, -0.2) is 21.6 Å². The van der Waals surface area contributed by atoms with Gasteiger partial charge in [0.2, 0.25) is 0 Å². The van der Waals surface area contributed by atoms with Gasteiger partial charge in [-0.25, -0.2) is 0 Å². The van der Waals surface area contributed by atoms with Crippen LogP contribution in [-0.2, 0) is 0 Å². The van der Waals surface area contributed by atoms with Crippen molar-refractivity contribution in [2.24, 2.45) is 4.99 Å². The van der Waals surface area contributed by atoms with E-state index < -0.39 is 0 Å². The first-order chi connectivity index (χ1) is 11.6. The number of aryl methyl sites for hydroxylation is 1. The van der Waals surface area contributed by atoms with Crippen LogP contribution in [0.3, 0.4) is 0 Å². The molecule has 3 rings (SSSR count). The Morgan fingerprint density at radius 2 is 1.54 bits per heavy atom. The molecule has 0 amide bonds. The molecule has 24 heavy (non-hydrogen) atoms. The lowest BCUT2D eigenvalue weighted by molar-refractivity contribution is 0.408. The van der Waals surface area contributed by atoms with E-state index in [1.807, 2.05) is 12.1 Å². The molecule has 5 heteroatoms. The molecule has 0 aliphatic heterocycles. The molecule has 0 aliphatic rings. The number of hydrogen-bond donors (Lipinski definition) is 2. The predicted molar refractivity (Wildman–Crippen MR) is 93.6 cm³/mol. The molecule has 5 nitrogen and oxygen atoms in total. The molecule has 0 atom stereocenters. The van der Waals surface area contributed by atoms with E-state index in [1.165, 1.54) is 0 Å². The van der Waals surface area contributed by atoms with Gasteiger partial charge in [-0.1, -0.05) is 35.5 Å². The predicted octanol–water partition coefficient (Wildman–Crippen LogP) is 4.32. The Morgan fingerprint density at radius 1 is 0.917 bits per heavy atom. The minimum absolute atomic E-state index is 0.154. The summed E-state index contributed by atoms with van der Waals surface area (Å²) < 4.78 is 5.28. The smallest absolute Gasteiger partial charge is 0.185 e. The van der Waals surface area contributed by atoms with Crippen molar-refractivity contribution in [3.8, 4) is 11.5 Å². The molecular formula is C19H16N2O3. The second kappa shape index (κ2) is 6.83.